The van der Waals surface area contributed by atoms with Crippen molar-refractivity contribution in [1.29, 1.82) is 0 Å². The average Bonchev–Trinajstić information content (AvgIpc) is 3.19. The number of carbonyl (C=O) groups excluding carboxylic acids is 2. The lowest BCUT2D eigenvalue weighted by molar-refractivity contribution is -0.216. The van der Waals surface area contributed by atoms with Crippen LogP contribution in [0.15, 0.2) is 42.2 Å². The largest absolute Gasteiger partial charge is 0.467 e. The van der Waals surface area contributed by atoms with Crippen LogP contribution in [-0.4, -0.2) is 51.1 Å². The molecule has 6 nitrogen and oxygen atoms in total. The van der Waals surface area contributed by atoms with Gasteiger partial charge in [-0.05, 0) is 43.9 Å². The lowest BCUT2D eigenvalue weighted by Gasteiger charge is -2.30. The summed E-state index contributed by atoms with van der Waals surface area (Å²) < 4.78 is 21.7. The molecule has 0 aromatic carbocycles. The number of carbonyl (C=O) groups is 2. The van der Waals surface area contributed by atoms with Crippen molar-refractivity contribution < 1.29 is 28.5 Å². The van der Waals surface area contributed by atoms with Gasteiger partial charge >= 0.3 is 5.97 Å². The molecule has 1 heterocycles. The highest BCUT2D eigenvalue weighted by Crippen LogP contribution is 2.27. The molecule has 0 aromatic rings. The second-order valence-corrected chi connectivity index (χ2v) is 8.60. The van der Waals surface area contributed by atoms with Gasteiger partial charge in [-0.1, -0.05) is 44.4 Å². The zero-order chi connectivity index (χ0) is 23.9. The second kappa shape index (κ2) is 15.8. The summed E-state index contributed by atoms with van der Waals surface area (Å²) in [6, 6.07) is 0. The van der Waals surface area contributed by atoms with E-state index in [1.54, 1.807) is 19.3 Å². The summed E-state index contributed by atoms with van der Waals surface area (Å²) in [4.78, 5) is 24.4. The van der Waals surface area contributed by atoms with E-state index in [2.05, 4.69) is 24.8 Å². The Hall–Kier alpha value is -1.98. The molecule has 1 aliphatic carbocycles. The highest BCUT2D eigenvalue weighted by Gasteiger charge is 2.29. The maximum Gasteiger partial charge on any atom is 0.335 e. The summed E-state index contributed by atoms with van der Waals surface area (Å²) in [6.45, 7) is 2.74. The maximum absolute atomic E-state index is 12.2. The number of esters is 1. The normalized spacial score (nSPS) is 25.7. The number of methoxy groups -OCH3 is 2. The van der Waals surface area contributed by atoms with E-state index in [0.29, 0.717) is 25.9 Å². The van der Waals surface area contributed by atoms with E-state index >= 15 is 0 Å². The SMILES string of the molecule is CCCCCCC=C[C@H]1C=CC(=O)[C@@H]1CC=C=CCC(O[C@H]1C[C@H](OC)CCO1)C(=O)OC. The van der Waals surface area contributed by atoms with Gasteiger partial charge in [0.1, 0.15) is 0 Å². The standard InChI is InChI=1S/C27H40O6/c1-4-5-6-7-8-10-13-21-16-17-24(28)23(21)14-11-9-12-15-25(27(29)31-3)33-26-20-22(30-2)18-19-32-26/h10-13,16-17,21-23,25-26H,4-8,14-15,18-20H2,1-3H3/t9?,21-,22+,23+,25?,26-/m0/s1. The molecule has 0 radical (unpaired) electrons. The molecule has 1 unspecified atom stereocenters. The van der Waals surface area contributed by atoms with Crippen LogP contribution in [0.3, 0.4) is 0 Å². The Kier molecular flexibility index (Phi) is 13.0. The van der Waals surface area contributed by atoms with E-state index in [-0.39, 0.29) is 23.7 Å². The molecule has 184 valence electrons. The van der Waals surface area contributed by atoms with E-state index in [4.69, 9.17) is 18.9 Å². The first-order valence-electron chi connectivity index (χ1n) is 12.2. The molecule has 0 aromatic heterocycles. The molecule has 0 spiro atoms. The molecule has 0 N–H and O–H groups in total. The number of hydrogen-bond donors (Lipinski definition) is 0. The first-order chi connectivity index (χ1) is 16.1. The maximum atomic E-state index is 12.2. The van der Waals surface area contributed by atoms with Crippen LogP contribution in [0.25, 0.3) is 0 Å². The van der Waals surface area contributed by atoms with Crippen molar-refractivity contribution in [1.82, 2.24) is 0 Å². The summed E-state index contributed by atoms with van der Waals surface area (Å²) >= 11 is 0. The van der Waals surface area contributed by atoms with Crippen molar-refractivity contribution in [2.45, 2.75) is 83.2 Å². The van der Waals surface area contributed by atoms with Crippen LogP contribution in [0, 0.1) is 11.8 Å². The van der Waals surface area contributed by atoms with E-state index in [0.717, 1.165) is 12.8 Å². The van der Waals surface area contributed by atoms with Crippen molar-refractivity contribution in [2.75, 3.05) is 20.8 Å². The Labute approximate surface area is 198 Å². The zero-order valence-electron chi connectivity index (χ0n) is 20.4. The van der Waals surface area contributed by atoms with Crippen molar-refractivity contribution in [3.05, 3.63) is 42.2 Å². The van der Waals surface area contributed by atoms with Crippen molar-refractivity contribution in [3.63, 3.8) is 0 Å². The molecule has 1 fully saturated rings. The highest BCUT2D eigenvalue weighted by molar-refractivity contribution is 5.95. The summed E-state index contributed by atoms with van der Waals surface area (Å²) in [5.74, 6) is -0.223. The van der Waals surface area contributed by atoms with Gasteiger partial charge in [-0.15, -0.1) is 5.73 Å². The minimum atomic E-state index is -0.769. The molecule has 0 bridgehead atoms. The topological polar surface area (TPSA) is 71.1 Å². The average molecular weight is 461 g/mol. The first-order valence-corrected chi connectivity index (χ1v) is 12.2. The number of ether oxygens (including phenoxy) is 4. The van der Waals surface area contributed by atoms with E-state index in [1.165, 1.54) is 32.8 Å². The lowest BCUT2D eigenvalue weighted by Crippen LogP contribution is -2.37. The lowest BCUT2D eigenvalue weighted by atomic mass is 9.91. The van der Waals surface area contributed by atoms with Gasteiger partial charge in [0, 0.05) is 31.8 Å². The molecule has 0 saturated carbocycles. The van der Waals surface area contributed by atoms with E-state index in [1.807, 2.05) is 12.2 Å². The number of hydrogen-bond acceptors (Lipinski definition) is 6. The zero-order valence-corrected chi connectivity index (χ0v) is 20.4. The molecule has 33 heavy (non-hydrogen) atoms. The van der Waals surface area contributed by atoms with Crippen LogP contribution in [-0.2, 0) is 28.5 Å². The van der Waals surface area contributed by atoms with Gasteiger partial charge in [0.2, 0.25) is 0 Å². The molecular formula is C27H40O6. The summed E-state index contributed by atoms with van der Waals surface area (Å²) in [5, 5.41) is 0. The number of ketones is 1. The molecule has 0 amide bonds. The minimum absolute atomic E-state index is 0.0633. The number of rotatable bonds is 14. The molecule has 2 aliphatic rings. The third-order valence-corrected chi connectivity index (χ3v) is 6.15. The Bertz CT molecular complexity index is 718. The number of unbranched alkanes of at least 4 members (excludes halogenated alkanes) is 4. The smallest absolute Gasteiger partial charge is 0.335 e. The quantitative estimate of drug-likeness (QED) is 0.156. The van der Waals surface area contributed by atoms with Crippen molar-refractivity contribution in [3.8, 4) is 0 Å². The Balaban J connectivity index is 1.83. The Morgan fingerprint density at radius 1 is 1.27 bits per heavy atom. The van der Waals surface area contributed by atoms with E-state index in [9.17, 15) is 9.59 Å². The third kappa shape index (κ3) is 9.81. The van der Waals surface area contributed by atoms with Gasteiger partial charge < -0.3 is 18.9 Å². The van der Waals surface area contributed by atoms with E-state index < -0.39 is 18.4 Å². The van der Waals surface area contributed by atoms with Crippen LogP contribution in [0.1, 0.15) is 64.7 Å². The minimum Gasteiger partial charge on any atom is -0.467 e. The fourth-order valence-electron chi connectivity index (χ4n) is 4.08. The predicted molar refractivity (Wildman–Crippen MR) is 128 cm³/mol. The molecule has 6 heteroatoms. The predicted octanol–water partition coefficient (Wildman–Crippen LogP) is 5.09. The van der Waals surface area contributed by atoms with Gasteiger partial charge in [0.25, 0.3) is 0 Å². The van der Waals surface area contributed by atoms with Crippen LogP contribution in [0.5, 0.6) is 0 Å². The summed E-state index contributed by atoms with van der Waals surface area (Å²) in [6.07, 6.45) is 18.8. The second-order valence-electron chi connectivity index (χ2n) is 8.60. The van der Waals surface area contributed by atoms with Gasteiger partial charge in [-0.2, -0.15) is 0 Å². The molecule has 1 aliphatic heterocycles. The monoisotopic (exact) mass is 460 g/mol. The van der Waals surface area contributed by atoms with Gasteiger partial charge in [0.15, 0.2) is 18.2 Å². The van der Waals surface area contributed by atoms with Crippen LogP contribution >= 0.6 is 0 Å². The van der Waals surface area contributed by atoms with Crippen LogP contribution < -0.4 is 0 Å². The summed E-state index contributed by atoms with van der Waals surface area (Å²) in [5.41, 5.74) is 3.10. The van der Waals surface area contributed by atoms with Crippen molar-refractivity contribution >= 4 is 11.8 Å². The summed E-state index contributed by atoms with van der Waals surface area (Å²) in [7, 11) is 3.01. The molecule has 2 rings (SSSR count). The Morgan fingerprint density at radius 3 is 2.88 bits per heavy atom. The van der Waals surface area contributed by atoms with Crippen LogP contribution in [0.2, 0.25) is 0 Å². The highest BCUT2D eigenvalue weighted by atomic mass is 16.7. The van der Waals surface area contributed by atoms with Crippen molar-refractivity contribution in [2.24, 2.45) is 11.8 Å². The van der Waals surface area contributed by atoms with Crippen LogP contribution in [0.4, 0.5) is 0 Å². The fraction of sp³-hybridized carbons (Fsp3) is 0.667. The molecular weight excluding hydrogens is 420 g/mol. The Morgan fingerprint density at radius 2 is 2.12 bits per heavy atom. The van der Waals surface area contributed by atoms with Gasteiger partial charge in [-0.3, -0.25) is 4.79 Å². The molecule has 5 atom stereocenters. The number of allylic oxidation sites excluding steroid dienone is 4. The fourth-order valence-corrected chi connectivity index (χ4v) is 4.08. The van der Waals surface area contributed by atoms with Gasteiger partial charge in [0.05, 0.1) is 19.8 Å². The third-order valence-electron chi connectivity index (χ3n) is 6.15. The molecule has 1 saturated heterocycles. The first kappa shape index (κ1) is 27.3. The van der Waals surface area contributed by atoms with Gasteiger partial charge in [-0.25, -0.2) is 4.79 Å².